The number of carbonyl (C=O) groups is 1. The maximum Gasteiger partial charge on any atom is 0.209 e. The van der Waals surface area contributed by atoms with Crippen molar-refractivity contribution < 1.29 is 22.3 Å². The molecule has 1 saturated heterocycles. The molecule has 194 valence electrons. The average Bonchev–Trinajstić information content (AvgIpc) is 3.51. The van der Waals surface area contributed by atoms with Crippen LogP contribution in [-0.2, 0) is 20.2 Å². The first-order valence-electron chi connectivity index (χ1n) is 12.6. The van der Waals surface area contributed by atoms with Crippen molar-refractivity contribution in [3.63, 3.8) is 0 Å². The molecule has 0 radical (unpaired) electrons. The summed E-state index contributed by atoms with van der Waals surface area (Å²) in [7, 11) is -3.41. The van der Waals surface area contributed by atoms with Crippen molar-refractivity contribution in [3.8, 4) is 0 Å². The Kier molecular flexibility index (Phi) is 6.97. The van der Waals surface area contributed by atoms with Gasteiger partial charge in [-0.05, 0) is 44.9 Å². The molecule has 3 aliphatic rings. The lowest BCUT2D eigenvalue weighted by Gasteiger charge is -2.33. The van der Waals surface area contributed by atoms with E-state index in [1.165, 1.54) is 18.6 Å². The van der Waals surface area contributed by atoms with Crippen LogP contribution in [0.2, 0.25) is 0 Å². The van der Waals surface area contributed by atoms with Crippen molar-refractivity contribution in [3.05, 3.63) is 59.9 Å². The van der Waals surface area contributed by atoms with Crippen LogP contribution in [0.3, 0.4) is 0 Å². The summed E-state index contributed by atoms with van der Waals surface area (Å²) >= 11 is 0. The van der Waals surface area contributed by atoms with Crippen molar-refractivity contribution in [1.82, 2.24) is 19.6 Å². The normalized spacial score (nSPS) is 32.2. The monoisotopic (exact) mass is 516 g/mol. The molecule has 1 aliphatic heterocycles. The first-order chi connectivity index (χ1) is 17.1. The first-order valence-corrected chi connectivity index (χ1v) is 14.4. The van der Waals surface area contributed by atoms with Crippen molar-refractivity contribution in [2.24, 2.45) is 5.92 Å². The molecular weight excluding hydrogens is 483 g/mol. The number of ether oxygens (including phenoxy) is 1. The Morgan fingerprint density at radius 1 is 1.22 bits per heavy atom. The van der Waals surface area contributed by atoms with E-state index >= 15 is 0 Å². The number of hydrogen-bond donors (Lipinski definition) is 1. The molecule has 0 spiro atoms. The molecule has 1 N–H and O–H groups in total. The number of sulfonamides is 1. The highest BCUT2D eigenvalue weighted by Crippen LogP contribution is 2.61. The van der Waals surface area contributed by atoms with Gasteiger partial charge >= 0.3 is 0 Å². The number of nitrogens with one attached hydrogen (secondary N) is 1. The Morgan fingerprint density at radius 3 is 2.61 bits per heavy atom. The predicted molar refractivity (Wildman–Crippen MR) is 132 cm³/mol. The summed E-state index contributed by atoms with van der Waals surface area (Å²) in [4.78, 5) is 23.5. The smallest absolute Gasteiger partial charge is 0.209 e. The van der Waals surface area contributed by atoms with Crippen LogP contribution in [-0.4, -0.2) is 72.7 Å². The summed E-state index contributed by atoms with van der Waals surface area (Å²) in [5.74, 6) is 0.708. The van der Waals surface area contributed by atoms with E-state index in [1.54, 1.807) is 12.1 Å². The van der Waals surface area contributed by atoms with Crippen molar-refractivity contribution >= 4 is 15.8 Å². The van der Waals surface area contributed by atoms with Crippen LogP contribution >= 0.6 is 0 Å². The van der Waals surface area contributed by atoms with Gasteiger partial charge in [0.25, 0.3) is 0 Å². The molecule has 3 fully saturated rings. The Bertz CT molecular complexity index is 1200. The SMILES string of the molecule is C[C@@H]1C[C@H](NS(C)(=O)=O)[C@H](CO[C@H]2CC[C@@]3(c4ncc(F)cn4)C[C@H]3C2)N1CC(=O)c1ccccc1. The number of hydrogen-bond acceptors (Lipinski definition) is 7. The van der Waals surface area contributed by atoms with E-state index < -0.39 is 15.8 Å². The maximum absolute atomic E-state index is 13.3. The van der Waals surface area contributed by atoms with Gasteiger partial charge < -0.3 is 4.74 Å². The molecule has 0 unspecified atom stereocenters. The molecule has 2 aromatic rings. The summed E-state index contributed by atoms with van der Waals surface area (Å²) in [6, 6.07) is 8.62. The summed E-state index contributed by atoms with van der Waals surface area (Å²) in [6.07, 6.45) is 7.87. The fraction of sp³-hybridized carbons (Fsp3) is 0.577. The number of halogens is 1. The van der Waals surface area contributed by atoms with E-state index in [0.717, 1.165) is 31.5 Å². The molecule has 2 saturated carbocycles. The zero-order valence-corrected chi connectivity index (χ0v) is 21.5. The molecule has 8 nitrogen and oxygen atoms in total. The summed E-state index contributed by atoms with van der Waals surface area (Å²) in [5, 5.41) is 0. The summed E-state index contributed by atoms with van der Waals surface area (Å²) in [5.41, 5.74) is 0.577. The second kappa shape index (κ2) is 9.89. The fourth-order valence-corrected chi connectivity index (χ4v) is 6.98. The van der Waals surface area contributed by atoms with Crippen LogP contribution in [0.1, 0.15) is 55.2 Å². The van der Waals surface area contributed by atoms with Gasteiger partial charge in [0.15, 0.2) is 11.6 Å². The minimum Gasteiger partial charge on any atom is -0.377 e. The van der Waals surface area contributed by atoms with Crippen LogP contribution in [0.4, 0.5) is 4.39 Å². The number of likely N-dealkylation sites (tertiary alicyclic amines) is 1. The topological polar surface area (TPSA) is 101 Å². The fourth-order valence-electron chi connectivity index (χ4n) is 6.18. The lowest BCUT2D eigenvalue weighted by atomic mass is 9.86. The Balaban J connectivity index is 1.24. The second-order valence-corrected chi connectivity index (χ2v) is 12.4. The van der Waals surface area contributed by atoms with Gasteiger partial charge in [-0.2, -0.15) is 0 Å². The lowest BCUT2D eigenvalue weighted by Crippen LogP contribution is -2.49. The second-order valence-electron chi connectivity index (χ2n) is 10.6. The third-order valence-corrected chi connectivity index (χ3v) is 8.83. The predicted octanol–water partition coefficient (Wildman–Crippen LogP) is 2.71. The van der Waals surface area contributed by atoms with Gasteiger partial charge in [-0.3, -0.25) is 9.69 Å². The van der Waals surface area contributed by atoms with Crippen molar-refractivity contribution in [2.75, 3.05) is 19.4 Å². The van der Waals surface area contributed by atoms with E-state index in [0.29, 0.717) is 24.5 Å². The van der Waals surface area contributed by atoms with E-state index in [4.69, 9.17) is 4.74 Å². The van der Waals surface area contributed by atoms with Crippen molar-refractivity contribution in [1.29, 1.82) is 0 Å². The van der Waals surface area contributed by atoms with Gasteiger partial charge in [0.05, 0.1) is 43.9 Å². The highest BCUT2D eigenvalue weighted by atomic mass is 32.2. The Labute approximate surface area is 211 Å². The van der Waals surface area contributed by atoms with E-state index in [-0.39, 0.29) is 42.0 Å². The van der Waals surface area contributed by atoms with Crippen LogP contribution in [0, 0.1) is 11.7 Å². The third-order valence-electron chi connectivity index (χ3n) is 8.10. The molecule has 5 rings (SSSR count). The van der Waals surface area contributed by atoms with Crippen LogP contribution in [0.5, 0.6) is 0 Å². The van der Waals surface area contributed by atoms with Crippen molar-refractivity contribution in [2.45, 2.75) is 68.7 Å². The summed E-state index contributed by atoms with van der Waals surface area (Å²) in [6.45, 7) is 2.58. The number of fused-ring (bicyclic) bond motifs is 1. The zero-order valence-electron chi connectivity index (χ0n) is 20.6. The number of Topliss-reactive ketones (excluding diaryl/α,β-unsaturated/α-hetero) is 1. The Morgan fingerprint density at radius 2 is 1.94 bits per heavy atom. The number of nitrogens with zero attached hydrogens (tertiary/aromatic N) is 3. The number of carbonyl (C=O) groups excluding carboxylic acids is 1. The maximum atomic E-state index is 13.3. The minimum atomic E-state index is -3.41. The Hall–Kier alpha value is -2.27. The number of benzene rings is 1. The summed E-state index contributed by atoms with van der Waals surface area (Å²) < 4.78 is 46.5. The number of aromatic nitrogens is 2. The molecule has 1 aromatic carbocycles. The van der Waals surface area contributed by atoms with Gasteiger partial charge in [-0.25, -0.2) is 27.5 Å². The van der Waals surface area contributed by atoms with Gasteiger partial charge in [-0.1, -0.05) is 30.3 Å². The van der Waals surface area contributed by atoms with Gasteiger partial charge in [-0.15, -0.1) is 0 Å². The average molecular weight is 517 g/mol. The molecule has 2 aliphatic carbocycles. The van der Waals surface area contributed by atoms with Crippen LogP contribution in [0.15, 0.2) is 42.7 Å². The minimum absolute atomic E-state index is 0.00665. The largest absolute Gasteiger partial charge is 0.377 e. The molecule has 0 amide bonds. The highest BCUT2D eigenvalue weighted by molar-refractivity contribution is 7.88. The quantitative estimate of drug-likeness (QED) is 0.512. The van der Waals surface area contributed by atoms with Gasteiger partial charge in [0.1, 0.15) is 5.82 Å². The van der Waals surface area contributed by atoms with E-state index in [1.807, 2.05) is 25.1 Å². The third kappa shape index (κ3) is 5.37. The molecular formula is C26H33FN4O4S. The zero-order chi connectivity index (χ0) is 25.5. The van der Waals surface area contributed by atoms with Crippen LogP contribution in [0.25, 0.3) is 0 Å². The molecule has 0 bridgehead atoms. The lowest BCUT2D eigenvalue weighted by molar-refractivity contribution is -0.0105. The molecule has 36 heavy (non-hydrogen) atoms. The first kappa shape index (κ1) is 25.4. The standard InChI is InChI=1S/C26H33FN4O4S/c1-17-10-22(30-36(2,33)34)23(31(17)15-24(32)18-6-4-3-5-7-18)16-35-21-8-9-26(12-19(26)11-21)25-28-13-20(27)14-29-25/h3-7,13-14,17,19,21-23,30H,8-12,15-16H2,1-2H3/t17-,19-,21+,22+,23+,26-/m1/s1. The number of rotatable bonds is 9. The number of ketones is 1. The molecule has 2 heterocycles. The molecule has 10 heteroatoms. The van der Waals surface area contributed by atoms with Gasteiger partial charge in [0.2, 0.25) is 10.0 Å². The van der Waals surface area contributed by atoms with Gasteiger partial charge in [0, 0.05) is 23.1 Å². The molecule has 1 aromatic heterocycles. The highest BCUT2D eigenvalue weighted by Gasteiger charge is 2.60. The van der Waals surface area contributed by atoms with E-state index in [2.05, 4.69) is 19.6 Å². The van der Waals surface area contributed by atoms with E-state index in [9.17, 15) is 17.6 Å². The molecule has 6 atom stereocenters. The van der Waals surface area contributed by atoms with Crippen LogP contribution < -0.4 is 4.72 Å².